The molecule has 0 saturated carbocycles. The zero-order chi connectivity index (χ0) is 21.7. The first-order valence-electron chi connectivity index (χ1n) is 9.96. The Morgan fingerprint density at radius 3 is 2.68 bits per heavy atom. The van der Waals surface area contributed by atoms with E-state index in [0.29, 0.717) is 17.3 Å². The number of nitrogens with zero attached hydrogens (tertiary/aromatic N) is 4. The van der Waals surface area contributed by atoms with Crippen LogP contribution < -0.4 is 4.74 Å². The average molecular weight is 437 g/mol. The molecule has 0 spiro atoms. The van der Waals surface area contributed by atoms with Crippen LogP contribution in [0.25, 0.3) is 27.9 Å². The molecule has 2 aromatic heterocycles. The van der Waals surface area contributed by atoms with Crippen molar-refractivity contribution in [3.05, 3.63) is 58.6 Å². The molecule has 31 heavy (non-hydrogen) atoms. The van der Waals surface area contributed by atoms with E-state index in [2.05, 4.69) is 10.2 Å². The zero-order valence-corrected chi connectivity index (χ0v) is 18.2. The SMILES string of the molecule is COCC(=O)N1Cc2c(c3cc(OC)c(Cl)cc3n3c(-c4ccccc4)nnc23)[C@@H]1C. The maximum absolute atomic E-state index is 12.7. The normalized spacial score (nSPS) is 15.6. The molecule has 0 saturated heterocycles. The molecule has 0 radical (unpaired) electrons. The summed E-state index contributed by atoms with van der Waals surface area (Å²) >= 11 is 6.52. The predicted molar refractivity (Wildman–Crippen MR) is 118 cm³/mol. The summed E-state index contributed by atoms with van der Waals surface area (Å²) in [6.07, 6.45) is 0. The van der Waals surface area contributed by atoms with Crippen molar-refractivity contribution >= 4 is 34.1 Å². The molecule has 0 fully saturated rings. The van der Waals surface area contributed by atoms with Gasteiger partial charge in [0.25, 0.3) is 0 Å². The van der Waals surface area contributed by atoms with E-state index in [0.717, 1.165) is 39.1 Å². The maximum Gasteiger partial charge on any atom is 0.249 e. The Labute approximate surface area is 184 Å². The number of fused-ring (bicyclic) bond motifs is 6. The molecule has 4 aromatic rings. The molecule has 0 unspecified atom stereocenters. The van der Waals surface area contributed by atoms with E-state index in [1.165, 1.54) is 7.11 Å². The van der Waals surface area contributed by atoms with Gasteiger partial charge in [0.1, 0.15) is 12.4 Å². The number of hydrogen-bond acceptors (Lipinski definition) is 5. The van der Waals surface area contributed by atoms with Gasteiger partial charge in [-0.2, -0.15) is 0 Å². The van der Waals surface area contributed by atoms with E-state index in [4.69, 9.17) is 21.1 Å². The summed E-state index contributed by atoms with van der Waals surface area (Å²) in [6, 6.07) is 13.6. The lowest BCUT2D eigenvalue weighted by atomic mass is 10.00. The molecular formula is C23H21ClN4O3. The van der Waals surface area contributed by atoms with Crippen molar-refractivity contribution in [3.63, 3.8) is 0 Å². The number of pyridine rings is 1. The highest BCUT2D eigenvalue weighted by Gasteiger charge is 2.35. The molecule has 3 heterocycles. The Kier molecular flexibility index (Phi) is 4.79. The van der Waals surface area contributed by atoms with Crippen LogP contribution >= 0.6 is 11.6 Å². The van der Waals surface area contributed by atoms with Crippen LogP contribution in [0.15, 0.2) is 42.5 Å². The first-order valence-corrected chi connectivity index (χ1v) is 10.3. The van der Waals surface area contributed by atoms with Crippen LogP contribution in [0.1, 0.15) is 24.1 Å². The van der Waals surface area contributed by atoms with E-state index in [-0.39, 0.29) is 18.6 Å². The highest BCUT2D eigenvalue weighted by atomic mass is 35.5. The molecule has 1 aliphatic heterocycles. The van der Waals surface area contributed by atoms with E-state index in [1.807, 2.05) is 58.7 Å². The zero-order valence-electron chi connectivity index (χ0n) is 17.4. The Hall–Kier alpha value is -3.16. The molecule has 0 N–H and O–H groups in total. The van der Waals surface area contributed by atoms with Gasteiger partial charge in [-0.15, -0.1) is 10.2 Å². The number of amides is 1. The molecule has 1 amide bonds. The highest BCUT2D eigenvalue weighted by molar-refractivity contribution is 6.32. The minimum absolute atomic E-state index is 0.0314. The van der Waals surface area contributed by atoms with Crippen molar-refractivity contribution in [1.29, 1.82) is 0 Å². The number of ether oxygens (including phenoxy) is 2. The third-order valence-electron chi connectivity index (χ3n) is 5.89. The van der Waals surface area contributed by atoms with Crippen LogP contribution in [-0.2, 0) is 16.1 Å². The lowest BCUT2D eigenvalue weighted by Gasteiger charge is -2.22. The standard InChI is InChI=1S/C23H21ClN4O3/c1-13-21-15-9-19(31-3)17(24)10-18(15)28-22(14-7-5-4-6-8-14)25-26-23(28)16(21)11-27(13)20(29)12-30-2/h4-10,13H,11-12H2,1-3H3/t13-/m0/s1. The first-order chi connectivity index (χ1) is 15.0. The lowest BCUT2D eigenvalue weighted by Crippen LogP contribution is -2.31. The third-order valence-corrected chi connectivity index (χ3v) is 6.19. The van der Waals surface area contributed by atoms with E-state index in [9.17, 15) is 4.79 Å². The summed E-state index contributed by atoms with van der Waals surface area (Å²) in [4.78, 5) is 14.5. The van der Waals surface area contributed by atoms with Gasteiger partial charge < -0.3 is 14.4 Å². The second-order valence-electron chi connectivity index (χ2n) is 7.58. The van der Waals surface area contributed by atoms with Crippen LogP contribution in [0.3, 0.4) is 0 Å². The fourth-order valence-electron chi connectivity index (χ4n) is 4.47. The molecule has 8 heteroatoms. The fraction of sp³-hybridized carbons (Fsp3) is 0.261. The van der Waals surface area contributed by atoms with Crippen LogP contribution in [0, 0.1) is 0 Å². The molecule has 2 aromatic carbocycles. The molecule has 0 aliphatic carbocycles. The summed E-state index contributed by atoms with van der Waals surface area (Å²) in [6.45, 7) is 2.49. The Morgan fingerprint density at radius 2 is 1.97 bits per heavy atom. The van der Waals surface area contributed by atoms with Crippen LogP contribution in [-0.4, -0.2) is 46.2 Å². The van der Waals surface area contributed by atoms with E-state index in [1.54, 1.807) is 7.11 Å². The summed E-state index contributed by atoms with van der Waals surface area (Å²) in [5.74, 6) is 1.24. The molecule has 7 nitrogen and oxygen atoms in total. The minimum Gasteiger partial charge on any atom is -0.495 e. The van der Waals surface area contributed by atoms with Gasteiger partial charge in [0.2, 0.25) is 5.91 Å². The second kappa shape index (κ2) is 7.51. The third kappa shape index (κ3) is 2.96. The summed E-state index contributed by atoms with van der Waals surface area (Å²) < 4.78 is 12.6. The van der Waals surface area contributed by atoms with Crippen LogP contribution in [0.2, 0.25) is 5.02 Å². The molecule has 158 valence electrons. The molecule has 1 aliphatic rings. The number of rotatable bonds is 4. The van der Waals surface area contributed by atoms with Gasteiger partial charge in [-0.25, -0.2) is 0 Å². The summed E-state index contributed by atoms with van der Waals surface area (Å²) in [7, 11) is 3.12. The highest BCUT2D eigenvalue weighted by Crippen LogP contribution is 2.43. The van der Waals surface area contributed by atoms with Gasteiger partial charge in [0, 0.05) is 23.6 Å². The predicted octanol–water partition coefficient (Wildman–Crippen LogP) is 4.26. The maximum atomic E-state index is 12.7. The molecule has 5 rings (SSSR count). The van der Waals surface area contributed by atoms with Crippen molar-refractivity contribution < 1.29 is 14.3 Å². The average Bonchev–Trinajstić information content (AvgIpc) is 3.36. The van der Waals surface area contributed by atoms with Gasteiger partial charge >= 0.3 is 0 Å². The quantitative estimate of drug-likeness (QED) is 0.478. The smallest absolute Gasteiger partial charge is 0.249 e. The number of carbonyl (C=O) groups is 1. The van der Waals surface area contributed by atoms with Gasteiger partial charge in [-0.1, -0.05) is 41.9 Å². The number of benzene rings is 2. The van der Waals surface area contributed by atoms with Gasteiger partial charge in [0.15, 0.2) is 11.5 Å². The van der Waals surface area contributed by atoms with Crippen molar-refractivity contribution in [2.45, 2.75) is 19.5 Å². The molecule has 1 atom stereocenters. The van der Waals surface area contributed by atoms with Crippen molar-refractivity contribution in [1.82, 2.24) is 19.5 Å². The number of methoxy groups -OCH3 is 2. The topological polar surface area (TPSA) is 69.0 Å². The molecular weight excluding hydrogens is 416 g/mol. The van der Waals surface area contributed by atoms with Crippen molar-refractivity contribution in [2.24, 2.45) is 0 Å². The summed E-state index contributed by atoms with van der Waals surface area (Å²) in [5, 5.41) is 10.5. The number of aromatic nitrogens is 3. The van der Waals surface area contributed by atoms with Crippen LogP contribution in [0.5, 0.6) is 5.75 Å². The van der Waals surface area contributed by atoms with Crippen molar-refractivity contribution in [3.8, 4) is 17.1 Å². The monoisotopic (exact) mass is 436 g/mol. The number of carbonyl (C=O) groups excluding carboxylic acids is 1. The summed E-state index contributed by atoms with van der Waals surface area (Å²) in [5.41, 5.74) is 4.55. The second-order valence-corrected chi connectivity index (χ2v) is 7.98. The van der Waals surface area contributed by atoms with E-state index < -0.39 is 0 Å². The first kappa shape index (κ1) is 19.8. The Bertz CT molecular complexity index is 1320. The van der Waals surface area contributed by atoms with Crippen LogP contribution in [0.4, 0.5) is 0 Å². The van der Waals surface area contributed by atoms with E-state index >= 15 is 0 Å². The Morgan fingerprint density at radius 1 is 1.19 bits per heavy atom. The Balaban J connectivity index is 1.85. The van der Waals surface area contributed by atoms with Gasteiger partial charge in [-0.3, -0.25) is 9.20 Å². The largest absolute Gasteiger partial charge is 0.495 e. The minimum atomic E-state index is -0.145. The number of hydrogen-bond donors (Lipinski definition) is 0. The number of halogens is 1. The molecule has 0 bridgehead atoms. The van der Waals surface area contributed by atoms with Gasteiger partial charge in [0.05, 0.1) is 30.2 Å². The lowest BCUT2D eigenvalue weighted by molar-refractivity contribution is -0.137. The fourth-order valence-corrected chi connectivity index (χ4v) is 4.71. The van der Waals surface area contributed by atoms with Crippen molar-refractivity contribution in [2.75, 3.05) is 20.8 Å². The van der Waals surface area contributed by atoms with Gasteiger partial charge in [-0.05, 0) is 24.6 Å².